The number of nitrogens with zero attached hydrogens (tertiary/aromatic N) is 1. The zero-order valence-electron chi connectivity index (χ0n) is 20.1. The van der Waals surface area contributed by atoms with Crippen LogP contribution in [0.4, 0.5) is 11.4 Å². The zero-order valence-corrected chi connectivity index (χ0v) is 20.1. The summed E-state index contributed by atoms with van der Waals surface area (Å²) in [6.07, 6.45) is 1.42. The van der Waals surface area contributed by atoms with E-state index in [0.717, 1.165) is 11.1 Å². The van der Waals surface area contributed by atoms with Crippen molar-refractivity contribution >= 4 is 35.2 Å². The van der Waals surface area contributed by atoms with Gasteiger partial charge in [0.15, 0.2) is 6.61 Å². The molecule has 36 heavy (non-hydrogen) atoms. The van der Waals surface area contributed by atoms with Crippen molar-refractivity contribution in [2.45, 2.75) is 13.8 Å². The van der Waals surface area contributed by atoms with E-state index in [2.05, 4.69) is 15.4 Å². The molecular weight excluding hydrogens is 458 g/mol. The van der Waals surface area contributed by atoms with Gasteiger partial charge in [-0.25, -0.2) is 4.79 Å². The maximum Gasteiger partial charge on any atom is 0.337 e. The number of ether oxygens (including phenoxy) is 2. The maximum atomic E-state index is 12.6. The van der Waals surface area contributed by atoms with Crippen LogP contribution in [-0.2, 0) is 14.3 Å². The van der Waals surface area contributed by atoms with Crippen LogP contribution in [0.1, 0.15) is 27.0 Å². The van der Waals surface area contributed by atoms with Gasteiger partial charge in [-0.05, 0) is 85.1 Å². The van der Waals surface area contributed by atoms with Crippen LogP contribution in [0, 0.1) is 25.2 Å². The van der Waals surface area contributed by atoms with Crippen LogP contribution >= 0.6 is 0 Å². The summed E-state index contributed by atoms with van der Waals surface area (Å²) in [5.41, 5.74) is 4.07. The number of hydrogen-bond acceptors (Lipinski definition) is 6. The average Bonchev–Trinajstić information content (AvgIpc) is 2.88. The Labute approximate surface area is 209 Å². The first-order valence-electron chi connectivity index (χ1n) is 11.0. The topological polar surface area (TPSA) is 118 Å². The number of esters is 1. The van der Waals surface area contributed by atoms with Gasteiger partial charge in [-0.2, -0.15) is 5.26 Å². The number of amides is 2. The largest absolute Gasteiger partial charge is 0.484 e. The van der Waals surface area contributed by atoms with Gasteiger partial charge in [0.1, 0.15) is 17.4 Å². The summed E-state index contributed by atoms with van der Waals surface area (Å²) >= 11 is 0. The lowest BCUT2D eigenvalue weighted by molar-refractivity contribution is -0.118. The fourth-order valence-corrected chi connectivity index (χ4v) is 3.18. The highest BCUT2D eigenvalue weighted by Crippen LogP contribution is 2.18. The molecule has 8 nitrogen and oxygen atoms in total. The molecule has 3 aromatic rings. The minimum Gasteiger partial charge on any atom is -0.484 e. The van der Waals surface area contributed by atoms with Crippen LogP contribution in [0.3, 0.4) is 0 Å². The molecule has 0 aliphatic rings. The number of anilines is 2. The molecule has 3 rings (SSSR count). The second kappa shape index (κ2) is 12.0. The molecule has 0 atom stereocenters. The maximum absolute atomic E-state index is 12.6. The van der Waals surface area contributed by atoms with Gasteiger partial charge in [0.25, 0.3) is 11.8 Å². The van der Waals surface area contributed by atoms with Crippen LogP contribution in [0.15, 0.2) is 72.3 Å². The van der Waals surface area contributed by atoms with Crippen LogP contribution in [0.25, 0.3) is 6.08 Å². The van der Waals surface area contributed by atoms with Gasteiger partial charge in [-0.1, -0.05) is 18.2 Å². The number of benzene rings is 3. The summed E-state index contributed by atoms with van der Waals surface area (Å²) < 4.78 is 10.2. The molecule has 0 aliphatic carbocycles. The van der Waals surface area contributed by atoms with E-state index in [1.807, 2.05) is 38.1 Å². The summed E-state index contributed by atoms with van der Waals surface area (Å²) in [5.74, 6) is -0.998. The summed E-state index contributed by atoms with van der Waals surface area (Å²) in [6, 6.07) is 20.3. The monoisotopic (exact) mass is 483 g/mol. The summed E-state index contributed by atoms with van der Waals surface area (Å²) in [6.45, 7) is 3.76. The third-order valence-corrected chi connectivity index (χ3v) is 5.26. The molecule has 0 saturated heterocycles. The Morgan fingerprint density at radius 1 is 0.917 bits per heavy atom. The van der Waals surface area contributed by atoms with Crippen molar-refractivity contribution in [1.82, 2.24) is 0 Å². The van der Waals surface area contributed by atoms with Gasteiger partial charge in [0, 0.05) is 11.4 Å². The predicted octanol–water partition coefficient (Wildman–Crippen LogP) is 4.65. The second-order valence-corrected chi connectivity index (χ2v) is 7.90. The Morgan fingerprint density at radius 2 is 1.64 bits per heavy atom. The summed E-state index contributed by atoms with van der Waals surface area (Å²) in [5, 5.41) is 14.9. The highest BCUT2D eigenvalue weighted by Gasteiger charge is 2.11. The zero-order chi connectivity index (χ0) is 26.1. The molecule has 0 aromatic heterocycles. The lowest BCUT2D eigenvalue weighted by atomic mass is 10.1. The Balaban J connectivity index is 1.62. The molecule has 0 heterocycles. The quantitative estimate of drug-likeness (QED) is 0.274. The average molecular weight is 484 g/mol. The Morgan fingerprint density at radius 3 is 2.31 bits per heavy atom. The first-order valence-corrected chi connectivity index (χ1v) is 11.0. The summed E-state index contributed by atoms with van der Waals surface area (Å²) in [7, 11) is 1.28. The lowest BCUT2D eigenvalue weighted by Gasteiger charge is -2.10. The fourth-order valence-electron chi connectivity index (χ4n) is 3.18. The molecule has 0 saturated carbocycles. The number of nitriles is 1. The number of methoxy groups -OCH3 is 1. The summed E-state index contributed by atoms with van der Waals surface area (Å²) in [4.78, 5) is 36.4. The van der Waals surface area contributed by atoms with Gasteiger partial charge in [-0.15, -0.1) is 0 Å². The Hall–Kier alpha value is -4.90. The van der Waals surface area contributed by atoms with E-state index in [1.54, 1.807) is 24.3 Å². The molecule has 0 fully saturated rings. The van der Waals surface area contributed by atoms with Crippen LogP contribution in [-0.4, -0.2) is 31.5 Å². The number of aryl methyl sites for hydroxylation is 2. The molecule has 182 valence electrons. The van der Waals surface area contributed by atoms with Gasteiger partial charge in [0.2, 0.25) is 0 Å². The lowest BCUT2D eigenvalue weighted by Crippen LogP contribution is -2.20. The van der Waals surface area contributed by atoms with E-state index < -0.39 is 11.9 Å². The number of carbonyl (C=O) groups is 3. The van der Waals surface area contributed by atoms with Crippen molar-refractivity contribution in [3.05, 3.63) is 94.6 Å². The third kappa shape index (κ3) is 7.05. The van der Waals surface area contributed by atoms with Crippen molar-refractivity contribution in [3.8, 4) is 11.8 Å². The standard InChI is InChI=1S/C28H25N3O5/c1-18-7-10-24(13-19(18)2)30-26(32)17-36-25-6-4-5-20(15-25)14-22(16-29)27(33)31-23-11-8-21(9-12-23)28(34)35-3/h4-15H,17H2,1-3H3,(H,30,32)(H,31,33)/b22-14-. The van der Waals surface area contributed by atoms with Crippen LogP contribution in [0.5, 0.6) is 5.75 Å². The number of nitrogens with one attached hydrogen (secondary N) is 2. The van der Waals surface area contributed by atoms with Gasteiger partial charge >= 0.3 is 5.97 Å². The predicted molar refractivity (Wildman–Crippen MR) is 136 cm³/mol. The number of hydrogen-bond donors (Lipinski definition) is 2. The number of carbonyl (C=O) groups excluding carboxylic acids is 3. The molecule has 0 bridgehead atoms. The van der Waals surface area contributed by atoms with Gasteiger partial charge in [-0.3, -0.25) is 9.59 Å². The smallest absolute Gasteiger partial charge is 0.337 e. The number of rotatable bonds is 8. The van der Waals surface area contributed by atoms with Gasteiger partial charge in [0.05, 0.1) is 12.7 Å². The minimum absolute atomic E-state index is 0.128. The van der Waals surface area contributed by atoms with E-state index in [4.69, 9.17) is 4.74 Å². The SMILES string of the molecule is COC(=O)c1ccc(NC(=O)/C(C#N)=C\c2cccc(OCC(=O)Nc3ccc(C)c(C)c3)c2)cc1. The fraction of sp³-hybridized carbons (Fsp3) is 0.143. The van der Waals surface area contributed by atoms with E-state index in [0.29, 0.717) is 28.3 Å². The molecule has 0 radical (unpaired) electrons. The molecule has 2 amide bonds. The Bertz CT molecular complexity index is 1350. The highest BCUT2D eigenvalue weighted by atomic mass is 16.5. The molecule has 8 heteroatoms. The first-order chi connectivity index (χ1) is 17.3. The van der Waals surface area contributed by atoms with Crippen molar-refractivity contribution < 1.29 is 23.9 Å². The van der Waals surface area contributed by atoms with Crippen molar-refractivity contribution in [3.63, 3.8) is 0 Å². The normalized spacial score (nSPS) is 10.7. The molecule has 3 aromatic carbocycles. The van der Waals surface area contributed by atoms with Crippen LogP contribution < -0.4 is 15.4 Å². The van der Waals surface area contributed by atoms with Gasteiger partial charge < -0.3 is 20.1 Å². The minimum atomic E-state index is -0.609. The molecule has 0 spiro atoms. The molecular formula is C28H25N3O5. The second-order valence-electron chi connectivity index (χ2n) is 7.90. The molecule has 0 aliphatic heterocycles. The van der Waals surface area contributed by atoms with E-state index >= 15 is 0 Å². The highest BCUT2D eigenvalue weighted by molar-refractivity contribution is 6.09. The third-order valence-electron chi connectivity index (χ3n) is 5.26. The van der Waals surface area contributed by atoms with Crippen molar-refractivity contribution in [1.29, 1.82) is 5.26 Å². The molecule has 0 unspecified atom stereocenters. The van der Waals surface area contributed by atoms with E-state index in [-0.39, 0.29) is 18.1 Å². The first kappa shape index (κ1) is 25.7. The molecule has 2 N–H and O–H groups in total. The van der Waals surface area contributed by atoms with Crippen molar-refractivity contribution in [2.75, 3.05) is 24.4 Å². The van der Waals surface area contributed by atoms with E-state index in [1.165, 1.54) is 37.5 Å². The van der Waals surface area contributed by atoms with E-state index in [9.17, 15) is 19.6 Å². The van der Waals surface area contributed by atoms with Crippen LogP contribution in [0.2, 0.25) is 0 Å². The Kier molecular flexibility index (Phi) is 8.57. The van der Waals surface area contributed by atoms with Crippen molar-refractivity contribution in [2.24, 2.45) is 0 Å².